The van der Waals surface area contributed by atoms with E-state index in [1.54, 1.807) is 0 Å². The Balaban J connectivity index is 1.63. The molecule has 3 heteroatoms. The molecule has 0 amide bonds. The molecule has 4 aromatic carbocycles. The molecule has 0 unspecified atom stereocenters. The number of benzene rings is 3. The molecule has 2 aliphatic heterocycles. The van der Waals surface area contributed by atoms with Crippen LogP contribution in [0.4, 0.5) is 0 Å². The van der Waals surface area contributed by atoms with Crippen LogP contribution in [-0.2, 0) is 6.42 Å². The topological polar surface area (TPSA) is 18.5 Å². The van der Waals surface area contributed by atoms with Gasteiger partial charge in [-0.1, -0.05) is 42.5 Å². The predicted octanol–water partition coefficient (Wildman–Crippen LogP) is 4.13. The zero-order valence-electron chi connectivity index (χ0n) is 15.7. The number of rotatable bonds is 0. The first-order valence-electron chi connectivity index (χ1n) is 10.0. The fourth-order valence-corrected chi connectivity index (χ4v) is 5.11. The molecule has 4 aromatic rings. The molecule has 0 saturated carbocycles. The monoisotopic (exact) mass is 370 g/mol. The van der Waals surface area contributed by atoms with Crippen LogP contribution < -0.4 is 25.9 Å². The lowest BCUT2D eigenvalue weighted by atomic mass is 9.33. The minimum Gasteiger partial charge on any atom is -0.458 e. The number of hydrogen-bond acceptors (Lipinski definition) is 2. The molecular weight excluding hydrogens is 355 g/mol. The Bertz CT molecular complexity index is 1350. The van der Waals surface area contributed by atoms with Crippen LogP contribution >= 0.6 is 0 Å². The van der Waals surface area contributed by atoms with E-state index in [1.807, 2.05) is 24.3 Å². The summed E-state index contributed by atoms with van der Waals surface area (Å²) >= 11 is 0. The highest BCUT2D eigenvalue weighted by Gasteiger charge is 2.42. The molecule has 0 spiro atoms. The minimum absolute atomic E-state index is 0.0749. The fourth-order valence-electron chi connectivity index (χ4n) is 5.11. The molecular formula is C26H15BO2. The van der Waals surface area contributed by atoms with Crippen LogP contribution in [0.2, 0.25) is 0 Å². The normalized spacial score (nSPS) is 14.7. The molecule has 7 rings (SSSR count). The summed E-state index contributed by atoms with van der Waals surface area (Å²) in [4.78, 5) is 0. The van der Waals surface area contributed by atoms with Crippen molar-refractivity contribution in [3.63, 3.8) is 0 Å². The molecule has 0 saturated heterocycles. The van der Waals surface area contributed by atoms with E-state index in [4.69, 9.17) is 9.47 Å². The Labute approximate surface area is 169 Å². The molecule has 2 nitrogen and oxygen atoms in total. The van der Waals surface area contributed by atoms with Crippen LogP contribution in [0.25, 0.3) is 16.8 Å². The van der Waals surface area contributed by atoms with E-state index in [0.717, 1.165) is 52.1 Å². The first kappa shape index (κ1) is 15.3. The minimum atomic E-state index is 0.0749. The van der Waals surface area contributed by atoms with Gasteiger partial charge in [0.2, 0.25) is 0 Å². The Morgan fingerprint density at radius 1 is 0.793 bits per heavy atom. The average Bonchev–Trinajstić information content (AvgIpc) is 2.78. The maximum Gasteiger partial charge on any atom is 0.262 e. The van der Waals surface area contributed by atoms with E-state index < -0.39 is 0 Å². The van der Waals surface area contributed by atoms with Crippen LogP contribution in [0, 0.1) is 12.1 Å². The van der Waals surface area contributed by atoms with Gasteiger partial charge in [0, 0.05) is 10.8 Å². The second-order valence-corrected chi connectivity index (χ2v) is 7.84. The lowest BCUT2D eigenvalue weighted by Gasteiger charge is -2.35. The van der Waals surface area contributed by atoms with Crippen LogP contribution in [0.1, 0.15) is 17.5 Å². The number of fused-ring (bicyclic) bond motifs is 8. The van der Waals surface area contributed by atoms with E-state index in [0.29, 0.717) is 0 Å². The van der Waals surface area contributed by atoms with Crippen molar-refractivity contribution in [2.75, 3.05) is 0 Å². The standard InChI is InChI=1S/C26H15BO2/c1-3-8-18-16(6-1)12-14-22-24(18)27-25-19-9-4-2-7-17(19)13-15-23(25)29-21-11-5-10-20(28-22)26(21)27/h1-2,5-7,10-15H,3,8H2. The third-order valence-electron chi connectivity index (χ3n) is 6.32. The third-order valence-corrected chi connectivity index (χ3v) is 6.32. The van der Waals surface area contributed by atoms with Gasteiger partial charge in [-0.15, -0.1) is 0 Å². The molecule has 134 valence electrons. The second kappa shape index (κ2) is 5.46. The van der Waals surface area contributed by atoms with Crippen molar-refractivity contribution in [1.29, 1.82) is 0 Å². The number of ether oxygens (including phenoxy) is 2. The third kappa shape index (κ3) is 1.98. The van der Waals surface area contributed by atoms with Crippen molar-refractivity contribution < 1.29 is 9.47 Å². The molecule has 1 aliphatic carbocycles. The molecule has 0 bridgehead atoms. The van der Waals surface area contributed by atoms with E-state index in [9.17, 15) is 0 Å². The second-order valence-electron chi connectivity index (χ2n) is 7.84. The summed E-state index contributed by atoms with van der Waals surface area (Å²) in [5.41, 5.74) is 6.26. The van der Waals surface area contributed by atoms with Crippen molar-refractivity contribution in [3.8, 4) is 23.0 Å². The molecule has 29 heavy (non-hydrogen) atoms. The summed E-state index contributed by atoms with van der Waals surface area (Å²) in [5.74, 6) is 3.63. The Kier molecular flexibility index (Phi) is 2.88. The lowest BCUT2D eigenvalue weighted by Crippen LogP contribution is -2.58. The van der Waals surface area contributed by atoms with Gasteiger partial charge >= 0.3 is 0 Å². The van der Waals surface area contributed by atoms with Gasteiger partial charge in [0.15, 0.2) is 0 Å². The zero-order valence-corrected chi connectivity index (χ0v) is 15.7. The van der Waals surface area contributed by atoms with Gasteiger partial charge < -0.3 is 9.47 Å². The molecule has 2 heterocycles. The van der Waals surface area contributed by atoms with Crippen LogP contribution in [-0.4, -0.2) is 6.71 Å². The van der Waals surface area contributed by atoms with Crippen molar-refractivity contribution >= 4 is 39.9 Å². The SMILES string of the molecule is c1ccc2ccc3c(c2c#1)B1c2c(cccc2O3)Oc2ccc3c(c21)CCC=C3. The van der Waals surface area contributed by atoms with E-state index in [-0.39, 0.29) is 6.71 Å². The van der Waals surface area contributed by atoms with Gasteiger partial charge in [0.05, 0.1) is 0 Å². The first-order chi connectivity index (χ1) is 14.4. The summed E-state index contributed by atoms with van der Waals surface area (Å²) in [6.07, 6.45) is 6.59. The summed E-state index contributed by atoms with van der Waals surface area (Å²) in [6.45, 7) is 0.0749. The van der Waals surface area contributed by atoms with E-state index >= 15 is 0 Å². The van der Waals surface area contributed by atoms with Gasteiger partial charge in [-0.25, -0.2) is 0 Å². The highest BCUT2D eigenvalue weighted by molar-refractivity contribution is 6.99. The van der Waals surface area contributed by atoms with Gasteiger partial charge in [-0.2, -0.15) is 0 Å². The van der Waals surface area contributed by atoms with Crippen LogP contribution in [0.15, 0.2) is 60.7 Å². The largest absolute Gasteiger partial charge is 0.458 e. The smallest absolute Gasteiger partial charge is 0.262 e. The molecule has 0 radical (unpaired) electrons. The molecule has 3 aliphatic rings. The highest BCUT2D eigenvalue weighted by atomic mass is 16.5. The van der Waals surface area contributed by atoms with E-state index in [1.165, 1.54) is 22.1 Å². The molecule has 0 fully saturated rings. The Morgan fingerprint density at radius 2 is 1.59 bits per heavy atom. The van der Waals surface area contributed by atoms with Crippen LogP contribution in [0.3, 0.4) is 0 Å². The van der Waals surface area contributed by atoms with Crippen molar-refractivity contribution in [1.82, 2.24) is 0 Å². The van der Waals surface area contributed by atoms with Crippen LogP contribution in [0.5, 0.6) is 23.0 Å². The number of allylic oxidation sites excluding steroid dienone is 1. The summed E-state index contributed by atoms with van der Waals surface area (Å²) in [5, 5.41) is 2.23. The van der Waals surface area contributed by atoms with Crippen molar-refractivity contribution in [2.45, 2.75) is 12.8 Å². The predicted molar refractivity (Wildman–Crippen MR) is 117 cm³/mol. The first-order valence-corrected chi connectivity index (χ1v) is 10.0. The quantitative estimate of drug-likeness (QED) is 0.375. The fraction of sp³-hybridized carbons (Fsp3) is 0.0769. The highest BCUT2D eigenvalue weighted by Crippen LogP contribution is 2.37. The van der Waals surface area contributed by atoms with Gasteiger partial charge in [-0.05, 0) is 76.7 Å². The van der Waals surface area contributed by atoms with Crippen molar-refractivity contribution in [3.05, 3.63) is 83.9 Å². The van der Waals surface area contributed by atoms with Gasteiger partial charge in [0.25, 0.3) is 6.71 Å². The Hall–Kier alpha value is -3.64. The molecule has 0 atom stereocenters. The Morgan fingerprint density at radius 3 is 2.48 bits per heavy atom. The summed E-state index contributed by atoms with van der Waals surface area (Å²) in [6, 6.07) is 25.1. The molecule has 0 aromatic heterocycles. The summed E-state index contributed by atoms with van der Waals surface area (Å²) in [7, 11) is 0. The van der Waals surface area contributed by atoms with Crippen molar-refractivity contribution in [2.24, 2.45) is 0 Å². The zero-order chi connectivity index (χ0) is 18.9. The number of hydrogen-bond donors (Lipinski definition) is 0. The summed E-state index contributed by atoms with van der Waals surface area (Å²) < 4.78 is 12.8. The molecule has 0 N–H and O–H groups in total. The van der Waals surface area contributed by atoms with Gasteiger partial charge in [0.1, 0.15) is 23.0 Å². The average molecular weight is 370 g/mol. The van der Waals surface area contributed by atoms with E-state index in [2.05, 4.69) is 54.6 Å². The maximum atomic E-state index is 6.40. The van der Waals surface area contributed by atoms with Gasteiger partial charge in [-0.3, -0.25) is 0 Å². The maximum absolute atomic E-state index is 6.40. The lowest BCUT2D eigenvalue weighted by molar-refractivity contribution is 0.464.